The lowest BCUT2D eigenvalue weighted by atomic mass is 10.1. The van der Waals surface area contributed by atoms with Crippen LogP contribution in [0, 0.1) is 0 Å². The minimum absolute atomic E-state index is 0.237. The highest BCUT2D eigenvalue weighted by molar-refractivity contribution is 5.96. The van der Waals surface area contributed by atoms with Crippen LogP contribution in [0.1, 0.15) is 10.4 Å². The minimum atomic E-state index is -0.544. The molecule has 2 aliphatic heterocycles. The topological polar surface area (TPSA) is 66.1 Å². The molecule has 2 aromatic carbocycles. The summed E-state index contributed by atoms with van der Waals surface area (Å²) in [5.74, 6) is -0.544. The zero-order valence-electron chi connectivity index (χ0n) is 14.0. The number of hydrogen-bond donors (Lipinski definition) is 0. The fraction of sp³-hybridized carbons (Fsp3) is 0.0500. The van der Waals surface area contributed by atoms with Crippen LogP contribution < -0.4 is 5.56 Å². The third kappa shape index (κ3) is 2.57. The van der Waals surface area contributed by atoms with Gasteiger partial charge in [-0.15, -0.1) is 0 Å². The van der Waals surface area contributed by atoms with E-state index >= 15 is 0 Å². The number of aromatic nitrogens is 3. The molecule has 0 aromatic heterocycles. The maximum absolute atomic E-state index is 12.9. The van der Waals surface area contributed by atoms with Crippen molar-refractivity contribution in [2.45, 2.75) is 0 Å². The van der Waals surface area contributed by atoms with E-state index in [2.05, 4.69) is 5.10 Å². The Morgan fingerprint density at radius 1 is 0.923 bits per heavy atom. The lowest BCUT2D eigenvalue weighted by Gasteiger charge is -2.11. The van der Waals surface area contributed by atoms with E-state index in [9.17, 15) is 9.59 Å². The number of esters is 1. The number of para-hydroxylation sites is 2. The second kappa shape index (κ2) is 6.33. The smallest absolute Gasteiger partial charge is 0.341 e. The average Bonchev–Trinajstić information content (AvgIpc) is 3.04. The molecule has 6 nitrogen and oxygen atoms in total. The van der Waals surface area contributed by atoms with Crippen molar-refractivity contribution in [1.82, 2.24) is 14.3 Å². The van der Waals surface area contributed by atoms with E-state index in [1.807, 2.05) is 48.5 Å². The van der Waals surface area contributed by atoms with E-state index < -0.39 is 5.97 Å². The third-order valence-corrected chi connectivity index (χ3v) is 4.13. The standard InChI is InChI=1S/C20H15N3O3/c1-26-20(25)17-13-22(14-8-4-2-5-9-14)12-16-18(17)21-23(19(16)24)15-10-6-3-7-11-15/h2-13H,1H3. The monoisotopic (exact) mass is 345 g/mol. The van der Waals surface area contributed by atoms with Gasteiger partial charge in [-0.1, -0.05) is 36.4 Å². The molecule has 0 bridgehead atoms. The van der Waals surface area contributed by atoms with Crippen molar-refractivity contribution >= 4 is 5.97 Å². The Hall–Kier alpha value is -3.67. The summed E-state index contributed by atoms with van der Waals surface area (Å²) in [6.45, 7) is 0. The lowest BCUT2D eigenvalue weighted by molar-refractivity contribution is 0.0600. The van der Waals surface area contributed by atoms with Crippen LogP contribution in [0.5, 0.6) is 0 Å². The van der Waals surface area contributed by atoms with Crippen LogP contribution in [-0.2, 0) is 4.74 Å². The van der Waals surface area contributed by atoms with E-state index in [4.69, 9.17) is 4.74 Å². The quantitative estimate of drug-likeness (QED) is 0.536. The number of rotatable bonds is 3. The number of carbonyl (C=O) groups is 1. The maximum Gasteiger partial charge on any atom is 0.341 e. The molecule has 0 saturated heterocycles. The fourth-order valence-electron chi connectivity index (χ4n) is 2.86. The zero-order chi connectivity index (χ0) is 18.1. The van der Waals surface area contributed by atoms with Crippen LogP contribution in [0.2, 0.25) is 0 Å². The molecule has 128 valence electrons. The second-order valence-electron chi connectivity index (χ2n) is 5.72. The van der Waals surface area contributed by atoms with Gasteiger partial charge in [0.05, 0.1) is 18.4 Å². The maximum atomic E-state index is 12.9. The molecule has 0 aliphatic carbocycles. The second-order valence-corrected chi connectivity index (χ2v) is 5.72. The molecule has 0 radical (unpaired) electrons. The molecule has 2 aliphatic rings. The van der Waals surface area contributed by atoms with E-state index in [1.165, 1.54) is 11.8 Å². The van der Waals surface area contributed by atoms with Gasteiger partial charge in [-0.25, -0.2) is 4.79 Å². The van der Waals surface area contributed by atoms with E-state index in [-0.39, 0.29) is 11.1 Å². The van der Waals surface area contributed by atoms with Crippen molar-refractivity contribution < 1.29 is 9.53 Å². The molecule has 0 fully saturated rings. The van der Waals surface area contributed by atoms with Gasteiger partial charge in [-0.2, -0.15) is 9.78 Å². The predicted octanol–water partition coefficient (Wildman–Crippen LogP) is 2.91. The van der Waals surface area contributed by atoms with Crippen molar-refractivity contribution in [2.24, 2.45) is 0 Å². The molecule has 0 N–H and O–H groups in total. The van der Waals surface area contributed by atoms with Crippen LogP contribution in [0.4, 0.5) is 0 Å². The fourth-order valence-corrected chi connectivity index (χ4v) is 2.86. The molecule has 0 spiro atoms. The van der Waals surface area contributed by atoms with Gasteiger partial charge in [0.2, 0.25) is 0 Å². The van der Waals surface area contributed by atoms with Gasteiger partial charge >= 0.3 is 5.97 Å². The summed E-state index contributed by atoms with van der Waals surface area (Å²) in [5.41, 5.74) is 2.07. The van der Waals surface area contributed by atoms with Crippen molar-refractivity contribution in [3.8, 4) is 22.6 Å². The first-order valence-electron chi connectivity index (χ1n) is 8.03. The number of methoxy groups -OCH3 is 1. The minimum Gasteiger partial charge on any atom is -0.465 e. The molecule has 0 amide bonds. The first kappa shape index (κ1) is 15.8. The summed E-state index contributed by atoms with van der Waals surface area (Å²) in [6, 6.07) is 18.5. The number of nitrogens with zero attached hydrogens (tertiary/aromatic N) is 3. The van der Waals surface area contributed by atoms with Crippen molar-refractivity contribution in [2.75, 3.05) is 7.11 Å². The van der Waals surface area contributed by atoms with Crippen LogP contribution in [0.3, 0.4) is 0 Å². The van der Waals surface area contributed by atoms with Gasteiger partial charge in [-0.3, -0.25) is 4.79 Å². The zero-order valence-corrected chi connectivity index (χ0v) is 14.0. The number of benzene rings is 2. The van der Waals surface area contributed by atoms with Crippen LogP contribution >= 0.6 is 0 Å². The van der Waals surface area contributed by atoms with Gasteiger partial charge in [-0.05, 0) is 24.3 Å². The summed E-state index contributed by atoms with van der Waals surface area (Å²) in [7, 11) is 1.31. The summed E-state index contributed by atoms with van der Waals surface area (Å²) in [6.07, 6.45) is 3.32. The Kier molecular flexibility index (Phi) is 3.85. The Morgan fingerprint density at radius 2 is 1.54 bits per heavy atom. The van der Waals surface area contributed by atoms with Gasteiger partial charge in [0.25, 0.3) is 5.56 Å². The van der Waals surface area contributed by atoms with E-state index in [1.54, 1.807) is 29.1 Å². The Bertz CT molecular complexity index is 1100. The molecule has 26 heavy (non-hydrogen) atoms. The summed E-state index contributed by atoms with van der Waals surface area (Å²) >= 11 is 0. The van der Waals surface area contributed by atoms with Gasteiger partial charge in [0.15, 0.2) is 0 Å². The van der Waals surface area contributed by atoms with Crippen molar-refractivity contribution in [1.29, 1.82) is 0 Å². The number of hydrogen-bond acceptors (Lipinski definition) is 4. The Morgan fingerprint density at radius 3 is 2.15 bits per heavy atom. The van der Waals surface area contributed by atoms with Crippen LogP contribution in [0.25, 0.3) is 22.6 Å². The van der Waals surface area contributed by atoms with Gasteiger partial charge in [0, 0.05) is 18.1 Å². The normalized spacial score (nSPS) is 10.8. The number of carbonyl (C=O) groups excluding carboxylic acids is 1. The molecular weight excluding hydrogens is 330 g/mol. The van der Waals surface area contributed by atoms with Crippen LogP contribution in [-0.4, -0.2) is 27.4 Å². The van der Waals surface area contributed by atoms with Gasteiger partial charge in [0.1, 0.15) is 11.3 Å². The SMILES string of the molecule is COC(=O)c1cn(-c2ccccc2)cc2c(=O)n(-c3ccccc3)nc1-2. The Labute approximate surface area is 149 Å². The third-order valence-electron chi connectivity index (χ3n) is 4.13. The van der Waals surface area contributed by atoms with Gasteiger partial charge < -0.3 is 9.30 Å². The highest BCUT2D eigenvalue weighted by Crippen LogP contribution is 2.24. The largest absolute Gasteiger partial charge is 0.465 e. The Balaban J connectivity index is 2.01. The number of ether oxygens (including phenoxy) is 1. The lowest BCUT2D eigenvalue weighted by Crippen LogP contribution is -2.15. The predicted molar refractivity (Wildman–Crippen MR) is 97.1 cm³/mol. The molecule has 6 heteroatoms. The molecule has 4 rings (SSSR count). The molecule has 0 saturated carbocycles. The molecule has 2 aromatic rings. The van der Waals surface area contributed by atoms with Crippen LogP contribution in [0.15, 0.2) is 77.9 Å². The molecule has 2 heterocycles. The summed E-state index contributed by atoms with van der Waals surface area (Å²) in [5, 5.41) is 4.38. The number of fused-ring (bicyclic) bond motifs is 1. The molecule has 0 atom stereocenters. The van der Waals surface area contributed by atoms with E-state index in [0.29, 0.717) is 16.9 Å². The highest BCUT2D eigenvalue weighted by atomic mass is 16.5. The highest BCUT2D eigenvalue weighted by Gasteiger charge is 2.25. The van der Waals surface area contributed by atoms with Crippen molar-refractivity contribution in [3.05, 3.63) is 89.0 Å². The summed E-state index contributed by atoms with van der Waals surface area (Å²) in [4.78, 5) is 25.2. The average molecular weight is 345 g/mol. The molecular formula is C20H15N3O3. The molecule has 0 unspecified atom stereocenters. The summed E-state index contributed by atoms with van der Waals surface area (Å²) < 4.78 is 7.91. The van der Waals surface area contributed by atoms with Crippen molar-refractivity contribution in [3.63, 3.8) is 0 Å². The first-order valence-corrected chi connectivity index (χ1v) is 8.03. The van der Waals surface area contributed by atoms with E-state index in [0.717, 1.165) is 5.69 Å². The first-order chi connectivity index (χ1) is 12.7. The number of pyridine rings is 1.